The van der Waals surface area contributed by atoms with Crippen LogP contribution in [0.1, 0.15) is 12.8 Å². The molecule has 0 aromatic heterocycles. The maximum absolute atomic E-state index is 5.48. The lowest BCUT2D eigenvalue weighted by molar-refractivity contribution is 0.254. The highest BCUT2D eigenvalue weighted by molar-refractivity contribution is 8.08. The van der Waals surface area contributed by atoms with Crippen LogP contribution in [0.5, 0.6) is 0 Å². The fourth-order valence-corrected chi connectivity index (χ4v) is 2.54. The average Bonchev–Trinajstić information content (AvgIpc) is 2.15. The van der Waals surface area contributed by atoms with Crippen LogP contribution in [0.4, 0.5) is 0 Å². The first-order valence-corrected chi connectivity index (χ1v) is 6.31. The van der Waals surface area contributed by atoms with Crippen LogP contribution >= 0.6 is 6.64 Å². The Hall–Kier alpha value is 0.530. The average molecular weight is 195 g/mol. The van der Waals surface area contributed by atoms with Gasteiger partial charge in [-0.05, 0) is 38.7 Å². The van der Waals surface area contributed by atoms with E-state index in [1.807, 2.05) is 18.8 Å². The van der Waals surface area contributed by atoms with Gasteiger partial charge in [-0.25, -0.2) is 4.67 Å². The van der Waals surface area contributed by atoms with Gasteiger partial charge in [0.1, 0.15) is 0 Å². The van der Waals surface area contributed by atoms with Gasteiger partial charge in [-0.2, -0.15) is 0 Å². The van der Waals surface area contributed by atoms with Gasteiger partial charge in [0.25, 0.3) is 6.64 Å². The van der Waals surface area contributed by atoms with Crippen molar-refractivity contribution in [3.63, 3.8) is 0 Å². The molecule has 3 nitrogen and oxygen atoms in total. The molecule has 0 aromatic rings. The Morgan fingerprint density at radius 2 is 1.64 bits per heavy atom. The lowest BCUT2D eigenvalue weighted by Crippen LogP contribution is -2.11. The summed E-state index contributed by atoms with van der Waals surface area (Å²) in [5.41, 5.74) is 0. The highest BCUT2D eigenvalue weighted by Crippen LogP contribution is 2.51. The zero-order valence-electron chi connectivity index (χ0n) is 6.95. The third-order valence-electron chi connectivity index (χ3n) is 1.54. The van der Waals surface area contributed by atoms with E-state index in [0.717, 1.165) is 26.1 Å². The van der Waals surface area contributed by atoms with Crippen LogP contribution in [0.25, 0.3) is 0 Å². The van der Waals surface area contributed by atoms with E-state index in [-0.39, 0.29) is 0 Å². The molecular formula is C6H14NO2PS. The SMILES string of the molecule is CN(C)P1(=S)OCCCCO1. The molecule has 0 amide bonds. The summed E-state index contributed by atoms with van der Waals surface area (Å²) >= 11 is 5.26. The van der Waals surface area contributed by atoms with Gasteiger partial charge in [0, 0.05) is 0 Å². The summed E-state index contributed by atoms with van der Waals surface area (Å²) in [7, 11) is 3.82. The van der Waals surface area contributed by atoms with Crippen molar-refractivity contribution in [2.24, 2.45) is 0 Å². The van der Waals surface area contributed by atoms with Crippen LogP contribution < -0.4 is 0 Å². The molecule has 0 aliphatic carbocycles. The van der Waals surface area contributed by atoms with Crippen molar-refractivity contribution in [1.29, 1.82) is 0 Å². The van der Waals surface area contributed by atoms with Crippen LogP contribution in [-0.4, -0.2) is 32.0 Å². The largest absolute Gasteiger partial charge is 0.318 e. The molecule has 0 atom stereocenters. The second-order valence-corrected chi connectivity index (χ2v) is 6.33. The molecule has 0 unspecified atom stereocenters. The smallest absolute Gasteiger partial charge is 0.263 e. The van der Waals surface area contributed by atoms with E-state index >= 15 is 0 Å². The van der Waals surface area contributed by atoms with Crippen molar-refractivity contribution in [2.75, 3.05) is 27.3 Å². The molecule has 1 rings (SSSR count). The van der Waals surface area contributed by atoms with Crippen LogP contribution in [0.2, 0.25) is 0 Å². The second-order valence-electron chi connectivity index (χ2n) is 2.69. The third kappa shape index (κ3) is 2.49. The van der Waals surface area contributed by atoms with Gasteiger partial charge < -0.3 is 9.05 Å². The van der Waals surface area contributed by atoms with Gasteiger partial charge in [0.05, 0.1) is 13.2 Å². The highest BCUT2D eigenvalue weighted by atomic mass is 32.5. The van der Waals surface area contributed by atoms with E-state index < -0.39 is 6.64 Å². The first-order valence-electron chi connectivity index (χ1n) is 3.72. The number of hydrogen-bond donors (Lipinski definition) is 0. The molecule has 1 saturated heterocycles. The van der Waals surface area contributed by atoms with E-state index in [1.54, 1.807) is 0 Å². The van der Waals surface area contributed by atoms with Crippen molar-refractivity contribution >= 4 is 18.4 Å². The molecule has 0 saturated carbocycles. The van der Waals surface area contributed by atoms with Gasteiger partial charge in [-0.15, -0.1) is 0 Å². The summed E-state index contributed by atoms with van der Waals surface area (Å²) in [6.45, 7) is -0.571. The summed E-state index contributed by atoms with van der Waals surface area (Å²) in [5, 5.41) is 0. The maximum atomic E-state index is 5.48. The topological polar surface area (TPSA) is 21.7 Å². The minimum absolute atomic E-state index is 0.745. The van der Waals surface area contributed by atoms with E-state index in [9.17, 15) is 0 Å². The molecule has 11 heavy (non-hydrogen) atoms. The number of hydrogen-bond acceptors (Lipinski definition) is 3. The van der Waals surface area contributed by atoms with Crippen molar-refractivity contribution in [3.05, 3.63) is 0 Å². The normalized spacial score (nSPS) is 25.0. The molecule has 1 fully saturated rings. The van der Waals surface area contributed by atoms with E-state index in [2.05, 4.69) is 0 Å². The molecule has 0 N–H and O–H groups in total. The summed E-state index contributed by atoms with van der Waals surface area (Å²) in [6.07, 6.45) is 2.12. The number of nitrogens with zero attached hydrogens (tertiary/aromatic N) is 1. The lowest BCUT2D eigenvalue weighted by atomic mass is 10.3. The summed E-state index contributed by atoms with van der Waals surface area (Å²) in [4.78, 5) is 0. The van der Waals surface area contributed by atoms with Gasteiger partial charge in [-0.3, -0.25) is 0 Å². The van der Waals surface area contributed by atoms with Crippen molar-refractivity contribution in [3.8, 4) is 0 Å². The number of rotatable bonds is 1. The molecule has 66 valence electrons. The molecular weight excluding hydrogens is 181 g/mol. The predicted octanol–water partition coefficient (Wildman–Crippen LogP) is 1.60. The van der Waals surface area contributed by atoms with Crippen LogP contribution in [0.15, 0.2) is 0 Å². The maximum Gasteiger partial charge on any atom is 0.263 e. The van der Waals surface area contributed by atoms with Gasteiger partial charge in [-0.1, -0.05) is 0 Å². The van der Waals surface area contributed by atoms with E-state index in [0.29, 0.717) is 0 Å². The van der Waals surface area contributed by atoms with Crippen LogP contribution in [0.3, 0.4) is 0 Å². The fourth-order valence-electron chi connectivity index (χ4n) is 0.832. The van der Waals surface area contributed by atoms with Crippen molar-refractivity contribution in [1.82, 2.24) is 4.67 Å². The van der Waals surface area contributed by atoms with Gasteiger partial charge in [0.15, 0.2) is 0 Å². The molecule has 0 radical (unpaired) electrons. The summed E-state index contributed by atoms with van der Waals surface area (Å²) in [5.74, 6) is 0. The first kappa shape index (κ1) is 9.62. The summed E-state index contributed by atoms with van der Waals surface area (Å²) in [6, 6.07) is 0. The predicted molar refractivity (Wildman–Crippen MR) is 49.1 cm³/mol. The van der Waals surface area contributed by atoms with E-state index in [4.69, 9.17) is 20.9 Å². The van der Waals surface area contributed by atoms with Crippen molar-refractivity contribution < 1.29 is 9.05 Å². The lowest BCUT2D eigenvalue weighted by Gasteiger charge is -2.25. The standard InChI is InChI=1S/C6H14NO2PS/c1-7(2)10(11)8-5-3-4-6-9-10/h3-6H2,1-2H3. The molecule has 0 spiro atoms. The second kappa shape index (κ2) is 3.97. The molecule has 1 heterocycles. The fraction of sp³-hybridized carbons (Fsp3) is 1.00. The minimum atomic E-state index is -2.06. The summed E-state index contributed by atoms with van der Waals surface area (Å²) < 4.78 is 12.8. The first-order chi connectivity index (χ1) is 5.15. The van der Waals surface area contributed by atoms with Crippen molar-refractivity contribution in [2.45, 2.75) is 12.8 Å². The van der Waals surface area contributed by atoms with E-state index in [1.165, 1.54) is 0 Å². The van der Waals surface area contributed by atoms with Crippen LogP contribution in [0, 0.1) is 0 Å². The molecule has 5 heteroatoms. The van der Waals surface area contributed by atoms with Gasteiger partial charge >= 0.3 is 0 Å². The molecule has 0 bridgehead atoms. The Bertz CT molecular complexity index is 162. The highest BCUT2D eigenvalue weighted by Gasteiger charge is 2.23. The monoisotopic (exact) mass is 195 g/mol. The Kier molecular flexibility index (Phi) is 3.47. The quantitative estimate of drug-likeness (QED) is 0.592. The zero-order valence-corrected chi connectivity index (χ0v) is 8.66. The Labute approximate surface area is 72.9 Å². The molecule has 1 aliphatic heterocycles. The zero-order chi connectivity index (χ0) is 8.32. The molecule has 1 aliphatic rings. The molecule has 0 aromatic carbocycles. The minimum Gasteiger partial charge on any atom is -0.318 e. The third-order valence-corrected chi connectivity index (χ3v) is 5.15. The Morgan fingerprint density at radius 1 is 1.18 bits per heavy atom. The Morgan fingerprint density at radius 3 is 2.00 bits per heavy atom. The Balaban J connectivity index is 2.60. The van der Waals surface area contributed by atoms with Gasteiger partial charge in [0.2, 0.25) is 0 Å². The van der Waals surface area contributed by atoms with Crippen LogP contribution in [-0.2, 0) is 20.9 Å².